The van der Waals surface area contributed by atoms with Crippen LogP contribution in [-0.4, -0.2) is 26.1 Å². The van der Waals surface area contributed by atoms with Crippen LogP contribution in [0.25, 0.3) is 0 Å². The number of nitrogens with one attached hydrogen (secondary N) is 3. The van der Waals surface area contributed by atoms with Crippen LogP contribution in [-0.2, 0) is 0 Å². The average molecular weight is 505 g/mol. The van der Waals surface area contributed by atoms with Crippen molar-refractivity contribution in [2.24, 2.45) is 5.10 Å². The molecule has 164 valence electrons. The molecule has 4 rings (SSSR count). The van der Waals surface area contributed by atoms with Crippen LogP contribution in [0.4, 0.5) is 34.9 Å². The first kappa shape index (κ1) is 21.8. The first-order chi connectivity index (χ1) is 16.0. The zero-order valence-corrected chi connectivity index (χ0v) is 18.6. The van der Waals surface area contributed by atoms with E-state index in [0.717, 1.165) is 15.7 Å². The highest BCUT2D eigenvalue weighted by Crippen LogP contribution is 2.21. The maximum Gasteiger partial charge on any atom is 0.269 e. The number of aromatic nitrogens is 3. The van der Waals surface area contributed by atoms with E-state index in [4.69, 9.17) is 0 Å². The number of hydrogen-bond acceptors (Lipinski definition) is 9. The van der Waals surface area contributed by atoms with Crippen LogP contribution >= 0.6 is 15.9 Å². The Hall–Kier alpha value is -4.38. The van der Waals surface area contributed by atoms with Gasteiger partial charge in [0.15, 0.2) is 0 Å². The Balaban J connectivity index is 1.56. The van der Waals surface area contributed by atoms with Gasteiger partial charge in [-0.15, -0.1) is 0 Å². The number of nitro groups is 1. The predicted octanol–water partition coefficient (Wildman–Crippen LogP) is 5.48. The maximum absolute atomic E-state index is 10.9. The molecule has 3 N–H and O–H groups in total. The molecule has 0 saturated heterocycles. The lowest BCUT2D eigenvalue weighted by Crippen LogP contribution is -2.07. The van der Waals surface area contributed by atoms with E-state index in [1.165, 1.54) is 12.1 Å². The summed E-state index contributed by atoms with van der Waals surface area (Å²) in [6, 6.07) is 23.0. The summed E-state index contributed by atoms with van der Waals surface area (Å²) in [5.41, 5.74) is 5.08. The van der Waals surface area contributed by atoms with Gasteiger partial charge < -0.3 is 10.6 Å². The van der Waals surface area contributed by atoms with Gasteiger partial charge in [0, 0.05) is 28.0 Å². The summed E-state index contributed by atoms with van der Waals surface area (Å²) in [5, 5.41) is 21.2. The number of nitro benzene ring substituents is 1. The smallest absolute Gasteiger partial charge is 0.269 e. The highest BCUT2D eigenvalue weighted by Gasteiger charge is 2.09. The molecule has 0 amide bonds. The predicted molar refractivity (Wildman–Crippen MR) is 131 cm³/mol. The molecule has 33 heavy (non-hydrogen) atoms. The van der Waals surface area contributed by atoms with Crippen molar-refractivity contribution in [3.8, 4) is 0 Å². The van der Waals surface area contributed by atoms with Crippen LogP contribution in [0.1, 0.15) is 5.56 Å². The molecule has 10 nitrogen and oxygen atoms in total. The quantitative estimate of drug-likeness (QED) is 0.163. The van der Waals surface area contributed by atoms with Crippen molar-refractivity contribution in [1.82, 2.24) is 15.0 Å². The van der Waals surface area contributed by atoms with Gasteiger partial charge >= 0.3 is 0 Å². The molecular formula is C22H17BrN8O2. The SMILES string of the molecule is O=[N+]([O-])c1ccc(Nc2nc(N/N=C\c3ccc(Br)cc3)nc(Nc3ccccc3)n2)cc1. The van der Waals surface area contributed by atoms with Crippen LogP contribution in [0.3, 0.4) is 0 Å². The molecular weight excluding hydrogens is 488 g/mol. The molecule has 1 aromatic heterocycles. The molecule has 0 saturated carbocycles. The third kappa shape index (κ3) is 6.31. The molecule has 0 spiro atoms. The number of hydrogen-bond donors (Lipinski definition) is 3. The minimum Gasteiger partial charge on any atom is -0.324 e. The molecule has 4 aromatic rings. The molecule has 11 heteroatoms. The second kappa shape index (κ2) is 10.3. The fraction of sp³-hybridized carbons (Fsp3) is 0. The molecule has 0 aliphatic carbocycles. The van der Waals surface area contributed by atoms with Gasteiger partial charge in [-0.2, -0.15) is 20.1 Å². The first-order valence-corrected chi connectivity index (χ1v) is 10.5. The summed E-state index contributed by atoms with van der Waals surface area (Å²) in [6.07, 6.45) is 1.64. The summed E-state index contributed by atoms with van der Waals surface area (Å²) in [6.45, 7) is 0. The van der Waals surface area contributed by atoms with Crippen molar-refractivity contribution < 1.29 is 4.92 Å². The van der Waals surface area contributed by atoms with Crippen molar-refractivity contribution in [2.75, 3.05) is 16.1 Å². The minimum atomic E-state index is -0.458. The van der Waals surface area contributed by atoms with Crippen LogP contribution in [0.5, 0.6) is 0 Å². The summed E-state index contributed by atoms with van der Waals surface area (Å²) in [5.74, 6) is 0.738. The van der Waals surface area contributed by atoms with E-state index in [-0.39, 0.29) is 17.6 Å². The van der Waals surface area contributed by atoms with Crippen molar-refractivity contribution in [1.29, 1.82) is 0 Å². The van der Waals surface area contributed by atoms with Crippen molar-refractivity contribution in [2.45, 2.75) is 0 Å². The third-order valence-corrected chi connectivity index (χ3v) is 4.78. The highest BCUT2D eigenvalue weighted by atomic mass is 79.9. The number of non-ortho nitro benzene ring substituents is 1. The summed E-state index contributed by atoms with van der Waals surface area (Å²) >= 11 is 3.40. The molecule has 0 unspecified atom stereocenters. The first-order valence-electron chi connectivity index (χ1n) is 9.69. The lowest BCUT2D eigenvalue weighted by molar-refractivity contribution is -0.384. The summed E-state index contributed by atoms with van der Waals surface area (Å²) in [7, 11) is 0. The zero-order chi connectivity index (χ0) is 23.0. The Bertz CT molecular complexity index is 1270. The molecule has 0 radical (unpaired) electrons. The number of benzene rings is 3. The van der Waals surface area contributed by atoms with E-state index in [1.54, 1.807) is 18.3 Å². The lowest BCUT2D eigenvalue weighted by Gasteiger charge is -2.10. The average Bonchev–Trinajstić information content (AvgIpc) is 2.81. The van der Waals surface area contributed by atoms with Gasteiger partial charge in [0.05, 0.1) is 11.1 Å². The molecule has 0 bridgehead atoms. The third-order valence-electron chi connectivity index (χ3n) is 4.25. The zero-order valence-electron chi connectivity index (χ0n) is 17.0. The molecule has 0 atom stereocenters. The normalized spacial score (nSPS) is 10.7. The Labute approximate surface area is 197 Å². The second-order valence-electron chi connectivity index (χ2n) is 6.65. The fourth-order valence-electron chi connectivity index (χ4n) is 2.70. The van der Waals surface area contributed by atoms with E-state index in [9.17, 15) is 10.1 Å². The van der Waals surface area contributed by atoms with Crippen LogP contribution in [0.15, 0.2) is 88.4 Å². The second-order valence-corrected chi connectivity index (χ2v) is 7.56. The maximum atomic E-state index is 10.9. The lowest BCUT2D eigenvalue weighted by atomic mass is 10.2. The summed E-state index contributed by atoms with van der Waals surface area (Å²) < 4.78 is 0.976. The monoisotopic (exact) mass is 504 g/mol. The summed E-state index contributed by atoms with van der Waals surface area (Å²) in [4.78, 5) is 23.5. The van der Waals surface area contributed by atoms with E-state index < -0.39 is 4.92 Å². The number of para-hydroxylation sites is 1. The number of hydrazone groups is 1. The highest BCUT2D eigenvalue weighted by molar-refractivity contribution is 9.10. The van der Waals surface area contributed by atoms with Gasteiger partial charge in [0.1, 0.15) is 0 Å². The Morgan fingerprint density at radius 3 is 1.97 bits per heavy atom. The van der Waals surface area contributed by atoms with Gasteiger partial charge in [-0.3, -0.25) is 10.1 Å². The molecule has 3 aromatic carbocycles. The molecule has 0 fully saturated rings. The van der Waals surface area contributed by atoms with Crippen LogP contribution < -0.4 is 16.1 Å². The number of rotatable bonds is 8. The Morgan fingerprint density at radius 2 is 1.36 bits per heavy atom. The van der Waals surface area contributed by atoms with E-state index in [1.807, 2.05) is 54.6 Å². The van der Waals surface area contributed by atoms with Crippen LogP contribution in [0, 0.1) is 10.1 Å². The Morgan fingerprint density at radius 1 is 0.788 bits per heavy atom. The molecule has 0 aliphatic rings. The standard InChI is InChI=1S/C22H17BrN8O2/c23-16-8-6-15(7-9-16)14-24-30-22-28-20(25-17-4-2-1-3-5-17)27-21(29-22)26-18-10-12-19(13-11-18)31(32)33/h1-14H,(H3,25,26,27,28,29,30)/b24-14-. The van der Waals surface area contributed by atoms with Crippen molar-refractivity contribution >= 4 is 57.1 Å². The molecule has 1 heterocycles. The fourth-order valence-corrected chi connectivity index (χ4v) is 2.96. The van der Waals surface area contributed by atoms with Gasteiger partial charge in [-0.25, -0.2) is 5.43 Å². The number of halogens is 1. The van der Waals surface area contributed by atoms with Crippen molar-refractivity contribution in [3.63, 3.8) is 0 Å². The topological polar surface area (TPSA) is 130 Å². The van der Waals surface area contributed by atoms with E-state index >= 15 is 0 Å². The minimum absolute atomic E-state index is 0.00716. The van der Waals surface area contributed by atoms with Crippen molar-refractivity contribution in [3.05, 3.63) is 99.0 Å². The van der Waals surface area contributed by atoms with Gasteiger partial charge in [-0.05, 0) is 42.0 Å². The molecule has 0 aliphatic heterocycles. The number of nitrogens with zero attached hydrogens (tertiary/aromatic N) is 5. The van der Waals surface area contributed by atoms with Gasteiger partial charge in [0.25, 0.3) is 5.69 Å². The number of anilines is 5. The van der Waals surface area contributed by atoms with Crippen LogP contribution in [0.2, 0.25) is 0 Å². The van der Waals surface area contributed by atoms with Gasteiger partial charge in [0.2, 0.25) is 17.8 Å². The van der Waals surface area contributed by atoms with Gasteiger partial charge in [-0.1, -0.05) is 46.3 Å². The van der Waals surface area contributed by atoms with E-state index in [0.29, 0.717) is 11.6 Å². The largest absolute Gasteiger partial charge is 0.324 e. The Kier molecular flexibility index (Phi) is 6.81. The van der Waals surface area contributed by atoms with E-state index in [2.05, 4.69) is 52.0 Å².